The van der Waals surface area contributed by atoms with Gasteiger partial charge in [-0.15, -0.1) is 0 Å². The summed E-state index contributed by atoms with van der Waals surface area (Å²) in [5.74, 6) is -2.26. The van der Waals surface area contributed by atoms with Crippen LogP contribution in [0.1, 0.15) is 17.1 Å². The minimum Gasteiger partial charge on any atom is -0.237 e. The number of nitrogens with zero attached hydrogens (tertiary/aromatic N) is 3. The molecule has 0 spiro atoms. The van der Waals surface area contributed by atoms with Gasteiger partial charge in [-0.3, -0.25) is 0 Å². The molecule has 0 atom stereocenters. The highest BCUT2D eigenvalue weighted by atomic mass is 19.4. The van der Waals surface area contributed by atoms with E-state index in [-0.39, 0.29) is 10.3 Å². The van der Waals surface area contributed by atoms with E-state index < -0.39 is 34.9 Å². The molecule has 19 heavy (non-hydrogen) atoms. The van der Waals surface area contributed by atoms with E-state index >= 15 is 0 Å². The largest absolute Gasteiger partial charge is 0.434 e. The Morgan fingerprint density at radius 1 is 1.05 bits per heavy atom. The van der Waals surface area contributed by atoms with Crippen LogP contribution in [-0.2, 0) is 12.4 Å². The molecule has 0 unspecified atom stereocenters. The maximum absolute atomic E-state index is 13.5. The average Bonchev–Trinajstić information content (AvgIpc) is 2.50. The summed E-state index contributed by atoms with van der Waals surface area (Å²) in [6.07, 6.45) is -10.3. The van der Waals surface area contributed by atoms with Crippen molar-refractivity contribution in [3.63, 3.8) is 0 Å². The topological polar surface area (TPSA) is 30.2 Å². The maximum atomic E-state index is 13.5. The second kappa shape index (κ2) is 3.81. The van der Waals surface area contributed by atoms with E-state index in [9.17, 15) is 30.7 Å². The van der Waals surface area contributed by atoms with Crippen LogP contribution < -0.4 is 0 Å². The van der Waals surface area contributed by atoms with E-state index in [1.165, 1.54) is 6.92 Å². The monoisotopic (exact) mass is 287 g/mol. The van der Waals surface area contributed by atoms with Gasteiger partial charge in [0.05, 0.1) is 6.20 Å². The predicted molar refractivity (Wildman–Crippen MR) is 47.7 cm³/mol. The van der Waals surface area contributed by atoms with Gasteiger partial charge in [0, 0.05) is 0 Å². The van der Waals surface area contributed by atoms with E-state index in [2.05, 4.69) is 10.1 Å². The van der Waals surface area contributed by atoms with Gasteiger partial charge in [0.2, 0.25) is 0 Å². The number of hydrogen-bond donors (Lipinski definition) is 0. The lowest BCUT2D eigenvalue weighted by molar-refractivity contribution is -0.166. The first-order chi connectivity index (χ1) is 8.53. The highest BCUT2D eigenvalue weighted by molar-refractivity contribution is 5.54. The molecule has 0 amide bonds. The zero-order valence-electron chi connectivity index (χ0n) is 9.06. The third-order valence-electron chi connectivity index (χ3n) is 2.29. The normalized spacial score (nSPS) is 13.3. The second-order valence-electron chi connectivity index (χ2n) is 3.64. The molecule has 2 aromatic rings. The van der Waals surface area contributed by atoms with Crippen LogP contribution in [0.5, 0.6) is 0 Å². The van der Waals surface area contributed by atoms with Crippen molar-refractivity contribution in [2.75, 3.05) is 0 Å². The number of fused-ring (bicyclic) bond motifs is 1. The Labute approximate surface area is 100 Å². The summed E-state index contributed by atoms with van der Waals surface area (Å²) in [6, 6.07) is 0. The quantitative estimate of drug-likeness (QED) is 0.696. The average molecular weight is 287 g/mol. The standard InChI is InChI=1S/C9H4F7N3/c1-3-17-2-4-6(10)5(8(11,12)13)7(9(14,15)16)19(4)18-3/h2H,1H3. The van der Waals surface area contributed by atoms with Crippen LogP contribution in [0.4, 0.5) is 30.7 Å². The first-order valence-corrected chi connectivity index (χ1v) is 4.71. The number of aryl methyl sites for hydroxylation is 1. The zero-order chi connectivity index (χ0) is 14.6. The van der Waals surface area contributed by atoms with Crippen molar-refractivity contribution < 1.29 is 30.7 Å². The number of aromatic nitrogens is 3. The van der Waals surface area contributed by atoms with Crippen molar-refractivity contribution in [2.45, 2.75) is 19.3 Å². The molecule has 2 rings (SSSR count). The maximum Gasteiger partial charge on any atom is 0.434 e. The lowest BCUT2D eigenvalue weighted by Crippen LogP contribution is -2.19. The molecule has 0 aromatic carbocycles. The molecule has 0 fully saturated rings. The lowest BCUT2D eigenvalue weighted by atomic mass is 10.2. The number of alkyl halides is 6. The SMILES string of the molecule is Cc1ncc2c(F)c(C(F)(F)F)c(C(F)(F)F)n2n1. The Morgan fingerprint density at radius 2 is 1.63 bits per heavy atom. The van der Waals surface area contributed by atoms with Gasteiger partial charge in [0.1, 0.15) is 16.9 Å². The van der Waals surface area contributed by atoms with Crippen LogP contribution in [0.25, 0.3) is 5.52 Å². The Hall–Kier alpha value is -1.87. The summed E-state index contributed by atoms with van der Waals surface area (Å²) < 4.78 is 89.3. The van der Waals surface area contributed by atoms with Gasteiger partial charge in [-0.1, -0.05) is 0 Å². The molecule has 0 radical (unpaired) electrons. The fraction of sp³-hybridized carbons (Fsp3) is 0.333. The summed E-state index contributed by atoms with van der Waals surface area (Å²) in [7, 11) is 0. The molecule has 0 saturated heterocycles. The Kier molecular flexibility index (Phi) is 2.72. The van der Waals surface area contributed by atoms with E-state index in [4.69, 9.17) is 0 Å². The number of hydrogen-bond acceptors (Lipinski definition) is 2. The molecule has 0 aliphatic heterocycles. The van der Waals surface area contributed by atoms with Crippen LogP contribution in [0.3, 0.4) is 0 Å². The van der Waals surface area contributed by atoms with Gasteiger partial charge in [0.25, 0.3) is 0 Å². The van der Waals surface area contributed by atoms with E-state index in [0.717, 1.165) is 0 Å². The molecule has 0 aliphatic carbocycles. The highest BCUT2D eigenvalue weighted by Gasteiger charge is 2.49. The molecule has 2 heterocycles. The van der Waals surface area contributed by atoms with Crippen LogP contribution in [0.15, 0.2) is 6.20 Å². The van der Waals surface area contributed by atoms with Crippen LogP contribution in [0.2, 0.25) is 0 Å². The predicted octanol–water partition coefficient (Wildman–Crippen LogP) is 3.21. The second-order valence-corrected chi connectivity index (χ2v) is 3.64. The van der Waals surface area contributed by atoms with Crippen molar-refractivity contribution >= 4 is 5.52 Å². The molecule has 0 aliphatic rings. The minimum atomic E-state index is -5.49. The minimum absolute atomic E-state index is 0.125. The van der Waals surface area contributed by atoms with Crippen LogP contribution in [-0.4, -0.2) is 14.6 Å². The van der Waals surface area contributed by atoms with Crippen molar-refractivity contribution in [1.29, 1.82) is 0 Å². The number of halogens is 7. The smallest absolute Gasteiger partial charge is 0.237 e. The van der Waals surface area contributed by atoms with Gasteiger partial charge in [0.15, 0.2) is 11.5 Å². The highest BCUT2D eigenvalue weighted by Crippen LogP contribution is 2.43. The summed E-state index contributed by atoms with van der Waals surface area (Å²) in [4.78, 5) is 3.38. The van der Waals surface area contributed by atoms with Gasteiger partial charge in [-0.2, -0.15) is 31.4 Å². The first kappa shape index (κ1) is 13.6. The fourth-order valence-corrected chi connectivity index (χ4v) is 1.61. The summed E-state index contributed by atoms with van der Waals surface area (Å²) in [5, 5.41) is 3.18. The Balaban J connectivity index is 2.99. The zero-order valence-corrected chi connectivity index (χ0v) is 9.06. The molecule has 2 aromatic heterocycles. The molecule has 0 bridgehead atoms. The van der Waals surface area contributed by atoms with Crippen molar-refractivity contribution in [3.05, 3.63) is 29.1 Å². The van der Waals surface area contributed by atoms with Gasteiger partial charge >= 0.3 is 12.4 Å². The first-order valence-electron chi connectivity index (χ1n) is 4.71. The third kappa shape index (κ3) is 2.10. The molecule has 3 nitrogen and oxygen atoms in total. The van der Waals surface area contributed by atoms with Crippen molar-refractivity contribution in [3.8, 4) is 0 Å². The fourth-order valence-electron chi connectivity index (χ4n) is 1.61. The van der Waals surface area contributed by atoms with Gasteiger partial charge in [-0.25, -0.2) is 13.9 Å². The van der Waals surface area contributed by atoms with Crippen LogP contribution >= 0.6 is 0 Å². The van der Waals surface area contributed by atoms with E-state index in [0.29, 0.717) is 6.20 Å². The third-order valence-corrected chi connectivity index (χ3v) is 2.29. The Bertz CT molecular complexity index is 638. The summed E-state index contributed by atoms with van der Waals surface area (Å²) >= 11 is 0. The van der Waals surface area contributed by atoms with Crippen molar-refractivity contribution in [1.82, 2.24) is 14.6 Å². The summed E-state index contributed by atoms with van der Waals surface area (Å²) in [5.41, 5.74) is -5.57. The van der Waals surface area contributed by atoms with Gasteiger partial charge in [-0.05, 0) is 6.92 Å². The molecule has 0 saturated carbocycles. The van der Waals surface area contributed by atoms with Crippen LogP contribution in [0, 0.1) is 12.7 Å². The van der Waals surface area contributed by atoms with Gasteiger partial charge < -0.3 is 0 Å². The van der Waals surface area contributed by atoms with E-state index in [1.54, 1.807) is 0 Å². The molecule has 104 valence electrons. The molecular weight excluding hydrogens is 283 g/mol. The molecule has 10 heteroatoms. The Morgan fingerprint density at radius 3 is 2.11 bits per heavy atom. The summed E-state index contributed by atoms with van der Waals surface area (Å²) in [6.45, 7) is 1.17. The lowest BCUT2D eigenvalue weighted by Gasteiger charge is -2.11. The van der Waals surface area contributed by atoms with Crippen molar-refractivity contribution in [2.24, 2.45) is 0 Å². The number of rotatable bonds is 0. The molecular formula is C9H4F7N3. The van der Waals surface area contributed by atoms with E-state index in [1.807, 2.05) is 0 Å². The molecule has 0 N–H and O–H groups in total.